The van der Waals surface area contributed by atoms with Crippen LogP contribution in [0, 0.1) is 5.92 Å². The third-order valence-corrected chi connectivity index (χ3v) is 3.58. The molecule has 12 heavy (non-hydrogen) atoms. The van der Waals surface area contributed by atoms with E-state index in [9.17, 15) is 0 Å². The average molecular weight is 182 g/mol. The lowest BCUT2D eigenvalue weighted by atomic mass is 9.93. The highest BCUT2D eigenvalue weighted by Crippen LogP contribution is 2.29. The second-order valence-corrected chi connectivity index (χ2v) is 4.70. The summed E-state index contributed by atoms with van der Waals surface area (Å²) in [6.07, 6.45) is 3.69. The number of thiazole rings is 1. The smallest absolute Gasteiger partial charge is 0.107 e. The van der Waals surface area contributed by atoms with Crippen LogP contribution in [0.5, 0.6) is 0 Å². The zero-order chi connectivity index (χ0) is 8.55. The number of fused-ring (bicyclic) bond motifs is 1. The van der Waals surface area contributed by atoms with Crippen LogP contribution in [-0.4, -0.2) is 4.98 Å². The first-order valence-electron chi connectivity index (χ1n) is 4.47. The molecule has 0 aliphatic heterocycles. The van der Waals surface area contributed by atoms with Gasteiger partial charge in [0.1, 0.15) is 5.01 Å². The molecule has 1 aliphatic rings. The average Bonchev–Trinajstić information content (AvgIpc) is 2.46. The number of nitrogens with zero attached hydrogens (tertiary/aromatic N) is 1. The van der Waals surface area contributed by atoms with Crippen molar-refractivity contribution in [3.63, 3.8) is 0 Å². The predicted octanol–water partition coefficient (Wildman–Crippen LogP) is 1.73. The van der Waals surface area contributed by atoms with Gasteiger partial charge in [-0.1, -0.05) is 6.92 Å². The molecule has 1 aliphatic carbocycles. The van der Waals surface area contributed by atoms with E-state index in [1.54, 1.807) is 11.3 Å². The first kappa shape index (κ1) is 8.20. The van der Waals surface area contributed by atoms with Gasteiger partial charge in [0, 0.05) is 11.4 Å². The van der Waals surface area contributed by atoms with Gasteiger partial charge in [0.25, 0.3) is 0 Å². The SMILES string of the molecule is CC1CCc2sc(CN)nc2C1. The first-order chi connectivity index (χ1) is 5.79. The highest BCUT2D eigenvalue weighted by Gasteiger charge is 2.18. The van der Waals surface area contributed by atoms with Gasteiger partial charge in [-0.05, 0) is 25.2 Å². The maximum Gasteiger partial charge on any atom is 0.107 e. The van der Waals surface area contributed by atoms with Crippen molar-refractivity contribution in [1.82, 2.24) is 4.98 Å². The minimum absolute atomic E-state index is 0.603. The molecule has 1 aromatic rings. The molecule has 0 radical (unpaired) electrons. The predicted molar refractivity (Wildman–Crippen MR) is 51.2 cm³/mol. The Kier molecular flexibility index (Phi) is 2.15. The van der Waals surface area contributed by atoms with Crippen molar-refractivity contribution in [3.8, 4) is 0 Å². The topological polar surface area (TPSA) is 38.9 Å². The van der Waals surface area contributed by atoms with Crippen LogP contribution in [0.15, 0.2) is 0 Å². The lowest BCUT2D eigenvalue weighted by Gasteiger charge is -2.15. The fourth-order valence-electron chi connectivity index (χ4n) is 1.69. The lowest BCUT2D eigenvalue weighted by Crippen LogP contribution is -2.09. The molecule has 1 aromatic heterocycles. The summed E-state index contributed by atoms with van der Waals surface area (Å²) in [5.41, 5.74) is 6.86. The van der Waals surface area contributed by atoms with E-state index in [2.05, 4.69) is 11.9 Å². The number of hydrogen-bond donors (Lipinski definition) is 1. The van der Waals surface area contributed by atoms with Gasteiger partial charge < -0.3 is 5.73 Å². The molecule has 2 N–H and O–H groups in total. The molecule has 0 spiro atoms. The molecular weight excluding hydrogens is 168 g/mol. The summed E-state index contributed by atoms with van der Waals surface area (Å²) in [6.45, 7) is 2.90. The molecule has 2 nitrogen and oxygen atoms in total. The summed E-state index contributed by atoms with van der Waals surface area (Å²) < 4.78 is 0. The molecule has 1 atom stereocenters. The monoisotopic (exact) mass is 182 g/mol. The Morgan fingerprint density at radius 3 is 3.25 bits per heavy atom. The molecule has 0 amide bonds. The summed E-state index contributed by atoms with van der Waals surface area (Å²) in [5, 5.41) is 1.11. The number of aryl methyl sites for hydroxylation is 1. The number of nitrogens with two attached hydrogens (primary N) is 1. The quantitative estimate of drug-likeness (QED) is 0.718. The molecule has 2 rings (SSSR count). The third-order valence-electron chi connectivity index (χ3n) is 2.40. The van der Waals surface area contributed by atoms with Crippen molar-refractivity contribution >= 4 is 11.3 Å². The molecule has 3 heteroatoms. The zero-order valence-electron chi connectivity index (χ0n) is 7.34. The minimum atomic E-state index is 0.603. The molecule has 66 valence electrons. The molecule has 1 unspecified atom stereocenters. The van der Waals surface area contributed by atoms with Gasteiger partial charge in [-0.15, -0.1) is 11.3 Å². The molecule has 0 bridgehead atoms. The van der Waals surface area contributed by atoms with Gasteiger partial charge in [-0.2, -0.15) is 0 Å². The highest BCUT2D eigenvalue weighted by molar-refractivity contribution is 7.11. The van der Waals surface area contributed by atoms with Gasteiger partial charge >= 0.3 is 0 Å². The normalized spacial score (nSPS) is 22.3. The van der Waals surface area contributed by atoms with Crippen LogP contribution in [0.1, 0.15) is 28.9 Å². The summed E-state index contributed by atoms with van der Waals surface area (Å²) in [4.78, 5) is 5.99. The lowest BCUT2D eigenvalue weighted by molar-refractivity contribution is 0.498. The van der Waals surface area contributed by atoms with E-state index in [-0.39, 0.29) is 0 Å². The zero-order valence-corrected chi connectivity index (χ0v) is 8.16. The summed E-state index contributed by atoms with van der Waals surface area (Å²) in [7, 11) is 0. The molecule has 1 heterocycles. The highest BCUT2D eigenvalue weighted by atomic mass is 32.1. The van der Waals surface area contributed by atoms with Gasteiger partial charge in [-0.3, -0.25) is 0 Å². The van der Waals surface area contributed by atoms with E-state index in [0.29, 0.717) is 6.54 Å². The number of rotatable bonds is 1. The standard InChI is InChI=1S/C9H14N2S/c1-6-2-3-8-7(4-6)11-9(5-10)12-8/h6H,2-5,10H2,1H3. The van der Waals surface area contributed by atoms with Gasteiger partial charge in [0.2, 0.25) is 0 Å². The second-order valence-electron chi connectivity index (χ2n) is 3.53. The summed E-state index contributed by atoms with van der Waals surface area (Å²) in [5.74, 6) is 0.810. The Bertz CT molecular complexity index is 280. The van der Waals surface area contributed by atoms with Crippen LogP contribution in [0.25, 0.3) is 0 Å². The molecule has 0 saturated carbocycles. The second kappa shape index (κ2) is 3.15. The Hall–Kier alpha value is -0.410. The van der Waals surface area contributed by atoms with Crippen LogP contribution in [0.2, 0.25) is 0 Å². The molecule has 0 aromatic carbocycles. The van der Waals surface area contributed by atoms with Gasteiger partial charge in [0.15, 0.2) is 0 Å². The molecule has 0 fully saturated rings. The van der Waals surface area contributed by atoms with Crippen LogP contribution >= 0.6 is 11.3 Å². The first-order valence-corrected chi connectivity index (χ1v) is 5.28. The van der Waals surface area contributed by atoms with Crippen LogP contribution in [0.4, 0.5) is 0 Å². The summed E-state index contributed by atoms with van der Waals surface area (Å²) >= 11 is 1.80. The fraction of sp³-hybridized carbons (Fsp3) is 0.667. The maximum absolute atomic E-state index is 5.54. The van der Waals surface area contributed by atoms with Crippen molar-refractivity contribution < 1.29 is 0 Å². The number of aromatic nitrogens is 1. The van der Waals surface area contributed by atoms with Crippen molar-refractivity contribution in [2.45, 2.75) is 32.7 Å². The van der Waals surface area contributed by atoms with Gasteiger partial charge in [0.05, 0.1) is 5.69 Å². The fourth-order valence-corrected chi connectivity index (χ4v) is 2.68. The van der Waals surface area contributed by atoms with E-state index in [4.69, 9.17) is 5.73 Å². The minimum Gasteiger partial charge on any atom is -0.325 e. The Balaban J connectivity index is 2.28. The van der Waals surface area contributed by atoms with Gasteiger partial charge in [-0.25, -0.2) is 4.98 Å². The molecular formula is C9H14N2S. The molecule has 0 saturated heterocycles. The van der Waals surface area contributed by atoms with Crippen molar-refractivity contribution in [2.75, 3.05) is 0 Å². The van der Waals surface area contributed by atoms with E-state index in [1.165, 1.54) is 23.4 Å². The Morgan fingerprint density at radius 2 is 2.50 bits per heavy atom. The van der Waals surface area contributed by atoms with E-state index in [1.807, 2.05) is 0 Å². The van der Waals surface area contributed by atoms with E-state index >= 15 is 0 Å². The van der Waals surface area contributed by atoms with Crippen molar-refractivity contribution in [1.29, 1.82) is 0 Å². The Morgan fingerprint density at radius 1 is 1.67 bits per heavy atom. The van der Waals surface area contributed by atoms with Crippen LogP contribution < -0.4 is 5.73 Å². The number of hydrogen-bond acceptors (Lipinski definition) is 3. The Labute approximate surface area is 76.8 Å². The van der Waals surface area contributed by atoms with Crippen LogP contribution in [0.3, 0.4) is 0 Å². The summed E-state index contributed by atoms with van der Waals surface area (Å²) in [6, 6.07) is 0. The van der Waals surface area contributed by atoms with Crippen molar-refractivity contribution in [2.24, 2.45) is 11.7 Å². The third kappa shape index (κ3) is 1.39. The maximum atomic E-state index is 5.54. The largest absolute Gasteiger partial charge is 0.325 e. The van der Waals surface area contributed by atoms with Crippen molar-refractivity contribution in [3.05, 3.63) is 15.6 Å². The van der Waals surface area contributed by atoms with E-state index in [0.717, 1.165) is 17.3 Å². The van der Waals surface area contributed by atoms with E-state index < -0.39 is 0 Å². The van der Waals surface area contributed by atoms with Crippen LogP contribution in [-0.2, 0) is 19.4 Å².